The van der Waals surface area contributed by atoms with Crippen molar-refractivity contribution in [2.75, 3.05) is 18.4 Å². The maximum absolute atomic E-state index is 12.9. The van der Waals surface area contributed by atoms with Gasteiger partial charge in [-0.15, -0.1) is 0 Å². The zero-order chi connectivity index (χ0) is 20.3. The molecule has 0 bridgehead atoms. The SMILES string of the molecule is O=C(Nc1cccc(-n2cccn2)c1)C1CCCN(Cc2cc3ccccc3o2)C1. The standard InChI is InChI=1S/C24H24N4O2/c29-24(26-20-8-3-9-21(15-20)28-13-5-11-25-28)19-7-4-12-27(16-19)17-22-14-18-6-1-2-10-23(18)30-22/h1-3,5-6,8-11,13-15,19H,4,7,12,16-17H2,(H,26,29). The molecule has 1 aliphatic rings. The smallest absolute Gasteiger partial charge is 0.228 e. The molecule has 1 N–H and O–H groups in total. The highest BCUT2D eigenvalue weighted by atomic mass is 16.3. The van der Waals surface area contributed by atoms with Crippen LogP contribution in [-0.4, -0.2) is 33.7 Å². The first-order chi connectivity index (χ1) is 14.7. The van der Waals surface area contributed by atoms with Crippen LogP contribution < -0.4 is 5.32 Å². The molecule has 0 aliphatic carbocycles. The van der Waals surface area contributed by atoms with Crippen molar-refractivity contribution in [3.63, 3.8) is 0 Å². The molecule has 6 heteroatoms. The third-order valence-electron chi connectivity index (χ3n) is 5.61. The van der Waals surface area contributed by atoms with E-state index in [2.05, 4.69) is 27.4 Å². The Balaban J connectivity index is 1.23. The number of nitrogens with one attached hydrogen (secondary N) is 1. The predicted molar refractivity (Wildman–Crippen MR) is 116 cm³/mol. The summed E-state index contributed by atoms with van der Waals surface area (Å²) in [7, 11) is 0. The average molecular weight is 400 g/mol. The largest absolute Gasteiger partial charge is 0.460 e. The highest BCUT2D eigenvalue weighted by Gasteiger charge is 2.26. The fourth-order valence-electron chi connectivity index (χ4n) is 4.14. The molecule has 2 aromatic heterocycles. The summed E-state index contributed by atoms with van der Waals surface area (Å²) < 4.78 is 7.74. The summed E-state index contributed by atoms with van der Waals surface area (Å²) in [6.45, 7) is 2.45. The van der Waals surface area contributed by atoms with Gasteiger partial charge in [-0.25, -0.2) is 4.68 Å². The van der Waals surface area contributed by atoms with Gasteiger partial charge < -0.3 is 9.73 Å². The van der Waals surface area contributed by atoms with Crippen molar-refractivity contribution < 1.29 is 9.21 Å². The van der Waals surface area contributed by atoms with E-state index in [1.165, 1.54) is 0 Å². The number of aromatic nitrogens is 2. The Labute approximate surface area is 175 Å². The van der Waals surface area contributed by atoms with Crippen LogP contribution in [0.4, 0.5) is 5.69 Å². The first kappa shape index (κ1) is 18.6. The third kappa shape index (κ3) is 4.00. The number of hydrogen-bond donors (Lipinski definition) is 1. The van der Waals surface area contributed by atoms with Gasteiger partial charge in [0.25, 0.3) is 0 Å². The second-order valence-electron chi connectivity index (χ2n) is 7.82. The lowest BCUT2D eigenvalue weighted by Gasteiger charge is -2.31. The Bertz CT molecular complexity index is 1120. The molecule has 1 fully saturated rings. The van der Waals surface area contributed by atoms with E-state index in [0.29, 0.717) is 0 Å². The lowest BCUT2D eigenvalue weighted by molar-refractivity contribution is -0.121. The lowest BCUT2D eigenvalue weighted by atomic mass is 9.97. The van der Waals surface area contributed by atoms with Gasteiger partial charge in [0.2, 0.25) is 5.91 Å². The second kappa shape index (κ2) is 8.16. The van der Waals surface area contributed by atoms with E-state index in [0.717, 1.165) is 60.6 Å². The van der Waals surface area contributed by atoms with E-state index < -0.39 is 0 Å². The summed E-state index contributed by atoms with van der Waals surface area (Å²) in [6, 6.07) is 19.8. The average Bonchev–Trinajstić information content (AvgIpc) is 3.44. The first-order valence-electron chi connectivity index (χ1n) is 10.4. The van der Waals surface area contributed by atoms with Crippen LogP contribution in [0.15, 0.2) is 77.5 Å². The Hall–Kier alpha value is -3.38. The predicted octanol–water partition coefficient (Wildman–Crippen LogP) is 4.47. The molecule has 3 heterocycles. The number of carbonyl (C=O) groups is 1. The van der Waals surface area contributed by atoms with Crippen LogP contribution in [0.1, 0.15) is 18.6 Å². The molecule has 152 valence electrons. The number of piperidine rings is 1. The number of amides is 1. The first-order valence-corrected chi connectivity index (χ1v) is 10.4. The van der Waals surface area contributed by atoms with E-state index in [-0.39, 0.29) is 11.8 Å². The van der Waals surface area contributed by atoms with Gasteiger partial charge >= 0.3 is 0 Å². The van der Waals surface area contributed by atoms with Crippen LogP contribution in [-0.2, 0) is 11.3 Å². The molecule has 5 rings (SSSR count). The van der Waals surface area contributed by atoms with Crippen LogP contribution in [0.3, 0.4) is 0 Å². The summed E-state index contributed by atoms with van der Waals surface area (Å²) in [5.41, 5.74) is 2.63. The Kier molecular flexibility index (Phi) is 5.07. The number of rotatable bonds is 5. The van der Waals surface area contributed by atoms with Gasteiger partial charge in [-0.05, 0) is 55.8 Å². The number of benzene rings is 2. The summed E-state index contributed by atoms with van der Waals surface area (Å²) in [4.78, 5) is 15.2. The summed E-state index contributed by atoms with van der Waals surface area (Å²) >= 11 is 0. The minimum atomic E-state index is -0.0310. The molecule has 1 saturated heterocycles. The molecule has 0 spiro atoms. The van der Waals surface area contributed by atoms with E-state index in [9.17, 15) is 4.79 Å². The molecule has 1 aliphatic heterocycles. The molecule has 1 unspecified atom stereocenters. The van der Waals surface area contributed by atoms with Crippen molar-refractivity contribution in [1.82, 2.24) is 14.7 Å². The number of furan rings is 1. The molecule has 1 atom stereocenters. The number of carbonyl (C=O) groups excluding carboxylic acids is 1. The number of anilines is 1. The van der Waals surface area contributed by atoms with E-state index in [4.69, 9.17) is 4.42 Å². The van der Waals surface area contributed by atoms with E-state index in [1.54, 1.807) is 10.9 Å². The van der Waals surface area contributed by atoms with Crippen molar-refractivity contribution in [2.45, 2.75) is 19.4 Å². The highest BCUT2D eigenvalue weighted by Crippen LogP contribution is 2.24. The molecule has 0 saturated carbocycles. The number of nitrogens with zero attached hydrogens (tertiary/aromatic N) is 3. The monoisotopic (exact) mass is 400 g/mol. The normalized spacial score (nSPS) is 17.3. The van der Waals surface area contributed by atoms with Gasteiger partial charge in [0.15, 0.2) is 0 Å². The fourth-order valence-corrected chi connectivity index (χ4v) is 4.14. The van der Waals surface area contributed by atoms with Crippen molar-refractivity contribution in [3.05, 3.63) is 78.8 Å². The zero-order valence-electron chi connectivity index (χ0n) is 16.7. The van der Waals surface area contributed by atoms with E-state index in [1.807, 2.05) is 54.7 Å². The molecule has 30 heavy (non-hydrogen) atoms. The minimum Gasteiger partial charge on any atom is -0.460 e. The fraction of sp³-hybridized carbons (Fsp3) is 0.250. The van der Waals surface area contributed by atoms with Gasteiger partial charge in [-0.1, -0.05) is 24.3 Å². The molecule has 0 radical (unpaired) electrons. The molecule has 4 aromatic rings. The maximum Gasteiger partial charge on any atom is 0.228 e. The number of likely N-dealkylation sites (tertiary alicyclic amines) is 1. The lowest BCUT2D eigenvalue weighted by Crippen LogP contribution is -2.40. The molecular weight excluding hydrogens is 376 g/mol. The Morgan fingerprint density at radius 3 is 2.93 bits per heavy atom. The zero-order valence-corrected chi connectivity index (χ0v) is 16.7. The highest BCUT2D eigenvalue weighted by molar-refractivity contribution is 5.93. The number of fused-ring (bicyclic) bond motifs is 1. The van der Waals surface area contributed by atoms with Gasteiger partial charge in [0, 0.05) is 30.0 Å². The summed E-state index contributed by atoms with van der Waals surface area (Å²) in [5, 5.41) is 8.46. The minimum absolute atomic E-state index is 0.0310. The van der Waals surface area contributed by atoms with Crippen LogP contribution in [0.2, 0.25) is 0 Å². The van der Waals surface area contributed by atoms with Gasteiger partial charge in [0.1, 0.15) is 11.3 Å². The van der Waals surface area contributed by atoms with Gasteiger partial charge in [-0.2, -0.15) is 5.10 Å². The van der Waals surface area contributed by atoms with Crippen molar-refractivity contribution >= 4 is 22.6 Å². The number of hydrogen-bond acceptors (Lipinski definition) is 4. The molecule has 6 nitrogen and oxygen atoms in total. The summed E-state index contributed by atoms with van der Waals surface area (Å²) in [6.07, 6.45) is 5.54. The van der Waals surface area contributed by atoms with Crippen LogP contribution in [0.5, 0.6) is 0 Å². The molecule has 1 amide bonds. The van der Waals surface area contributed by atoms with Crippen molar-refractivity contribution in [3.8, 4) is 5.69 Å². The third-order valence-corrected chi connectivity index (χ3v) is 5.61. The van der Waals surface area contributed by atoms with Crippen molar-refractivity contribution in [1.29, 1.82) is 0 Å². The van der Waals surface area contributed by atoms with Crippen LogP contribution in [0, 0.1) is 5.92 Å². The number of para-hydroxylation sites is 1. The van der Waals surface area contributed by atoms with E-state index >= 15 is 0 Å². The van der Waals surface area contributed by atoms with Gasteiger partial charge in [0.05, 0.1) is 18.2 Å². The second-order valence-corrected chi connectivity index (χ2v) is 7.82. The van der Waals surface area contributed by atoms with Crippen LogP contribution in [0.25, 0.3) is 16.7 Å². The Morgan fingerprint density at radius 1 is 1.13 bits per heavy atom. The van der Waals surface area contributed by atoms with Crippen LogP contribution >= 0.6 is 0 Å². The quantitative estimate of drug-likeness (QED) is 0.537. The van der Waals surface area contributed by atoms with Crippen molar-refractivity contribution in [2.24, 2.45) is 5.92 Å². The topological polar surface area (TPSA) is 63.3 Å². The maximum atomic E-state index is 12.9. The molecule has 2 aromatic carbocycles. The summed E-state index contributed by atoms with van der Waals surface area (Å²) in [5.74, 6) is 0.989. The molecular formula is C24H24N4O2. The van der Waals surface area contributed by atoms with Gasteiger partial charge in [-0.3, -0.25) is 9.69 Å². The Morgan fingerprint density at radius 2 is 2.07 bits per heavy atom.